The van der Waals surface area contributed by atoms with Gasteiger partial charge in [-0.05, 0) is 25.5 Å². The SMILES string of the molecule is Cc1cc(C)n2nc(C(=O)NC(C(=O)Nc3ccn[nH]3)c3ccccc3)nc2n1. The van der Waals surface area contributed by atoms with Crippen molar-refractivity contribution in [2.75, 3.05) is 5.32 Å². The first-order valence-electron chi connectivity index (χ1n) is 8.88. The molecule has 0 aliphatic carbocycles. The quantitative estimate of drug-likeness (QED) is 0.474. The number of nitrogens with one attached hydrogen (secondary N) is 3. The Bertz CT molecular complexity index is 1170. The van der Waals surface area contributed by atoms with Gasteiger partial charge in [0.15, 0.2) is 0 Å². The van der Waals surface area contributed by atoms with E-state index >= 15 is 0 Å². The molecule has 4 rings (SSSR count). The number of rotatable bonds is 5. The van der Waals surface area contributed by atoms with Gasteiger partial charge in [-0.1, -0.05) is 30.3 Å². The Labute approximate surface area is 165 Å². The molecule has 146 valence electrons. The molecule has 1 aromatic carbocycles. The number of aromatic nitrogens is 6. The maximum atomic E-state index is 12.8. The second kappa shape index (κ2) is 7.50. The first kappa shape index (κ1) is 18.3. The molecule has 0 saturated carbocycles. The van der Waals surface area contributed by atoms with Gasteiger partial charge in [0, 0.05) is 17.5 Å². The van der Waals surface area contributed by atoms with Crippen LogP contribution < -0.4 is 10.6 Å². The van der Waals surface area contributed by atoms with Gasteiger partial charge in [0.1, 0.15) is 11.9 Å². The zero-order valence-electron chi connectivity index (χ0n) is 15.7. The Kier molecular flexibility index (Phi) is 4.73. The lowest BCUT2D eigenvalue weighted by molar-refractivity contribution is -0.118. The fourth-order valence-corrected chi connectivity index (χ4v) is 2.93. The van der Waals surface area contributed by atoms with Gasteiger partial charge >= 0.3 is 0 Å². The van der Waals surface area contributed by atoms with Crippen LogP contribution in [0.25, 0.3) is 5.78 Å². The number of carbonyl (C=O) groups excluding carboxylic acids is 2. The molecular formula is C19H18N8O2. The van der Waals surface area contributed by atoms with Crippen LogP contribution in [0.3, 0.4) is 0 Å². The van der Waals surface area contributed by atoms with Gasteiger partial charge in [-0.2, -0.15) is 10.1 Å². The first-order valence-corrected chi connectivity index (χ1v) is 8.88. The Morgan fingerprint density at radius 2 is 1.90 bits per heavy atom. The minimum atomic E-state index is -0.950. The van der Waals surface area contributed by atoms with Crippen molar-refractivity contribution in [1.82, 2.24) is 35.1 Å². The normalized spacial score (nSPS) is 11.9. The van der Waals surface area contributed by atoms with Crippen LogP contribution >= 0.6 is 0 Å². The smallest absolute Gasteiger partial charge is 0.291 e. The summed E-state index contributed by atoms with van der Waals surface area (Å²) in [6.07, 6.45) is 1.52. The summed E-state index contributed by atoms with van der Waals surface area (Å²) in [5.74, 6) is -0.331. The lowest BCUT2D eigenvalue weighted by atomic mass is 10.1. The van der Waals surface area contributed by atoms with E-state index in [1.54, 1.807) is 30.3 Å². The largest absolute Gasteiger partial charge is 0.334 e. The van der Waals surface area contributed by atoms with E-state index in [1.807, 2.05) is 26.0 Å². The summed E-state index contributed by atoms with van der Waals surface area (Å²) in [4.78, 5) is 34.1. The van der Waals surface area contributed by atoms with Crippen molar-refractivity contribution >= 4 is 23.4 Å². The fourth-order valence-electron chi connectivity index (χ4n) is 2.93. The number of benzene rings is 1. The molecule has 29 heavy (non-hydrogen) atoms. The topological polar surface area (TPSA) is 130 Å². The van der Waals surface area contributed by atoms with E-state index in [2.05, 4.69) is 35.9 Å². The molecule has 1 unspecified atom stereocenters. The van der Waals surface area contributed by atoms with Gasteiger partial charge in [0.2, 0.25) is 5.82 Å². The summed E-state index contributed by atoms with van der Waals surface area (Å²) in [6, 6.07) is 11.4. The van der Waals surface area contributed by atoms with E-state index in [-0.39, 0.29) is 5.82 Å². The van der Waals surface area contributed by atoms with Crippen LogP contribution in [0.4, 0.5) is 5.82 Å². The van der Waals surface area contributed by atoms with Gasteiger partial charge in [-0.3, -0.25) is 14.7 Å². The predicted molar refractivity (Wildman–Crippen MR) is 104 cm³/mol. The third kappa shape index (κ3) is 3.81. The second-order valence-corrected chi connectivity index (χ2v) is 6.46. The highest BCUT2D eigenvalue weighted by atomic mass is 16.2. The van der Waals surface area contributed by atoms with Crippen molar-refractivity contribution in [2.45, 2.75) is 19.9 Å². The molecule has 2 amide bonds. The lowest BCUT2D eigenvalue weighted by Gasteiger charge is -2.17. The van der Waals surface area contributed by atoms with Crippen molar-refractivity contribution < 1.29 is 9.59 Å². The zero-order valence-corrected chi connectivity index (χ0v) is 15.7. The van der Waals surface area contributed by atoms with E-state index in [9.17, 15) is 9.59 Å². The number of H-pyrrole nitrogens is 1. The van der Waals surface area contributed by atoms with Crippen LogP contribution in [0.15, 0.2) is 48.7 Å². The Morgan fingerprint density at radius 3 is 2.62 bits per heavy atom. The van der Waals surface area contributed by atoms with Gasteiger partial charge in [0.25, 0.3) is 17.6 Å². The molecule has 0 fully saturated rings. The molecule has 0 saturated heterocycles. The molecule has 0 radical (unpaired) electrons. The maximum absolute atomic E-state index is 12.8. The number of carbonyl (C=O) groups is 2. The van der Waals surface area contributed by atoms with Crippen molar-refractivity contribution in [3.8, 4) is 0 Å². The molecule has 0 spiro atoms. The molecule has 10 nitrogen and oxygen atoms in total. The van der Waals surface area contributed by atoms with E-state index in [0.717, 1.165) is 11.4 Å². The van der Waals surface area contributed by atoms with E-state index in [4.69, 9.17) is 0 Å². The van der Waals surface area contributed by atoms with Gasteiger partial charge < -0.3 is 10.6 Å². The number of hydrogen-bond donors (Lipinski definition) is 3. The Balaban J connectivity index is 1.62. The third-order valence-electron chi connectivity index (χ3n) is 4.25. The monoisotopic (exact) mass is 390 g/mol. The molecule has 0 aliphatic heterocycles. The van der Waals surface area contributed by atoms with Crippen molar-refractivity contribution in [1.29, 1.82) is 0 Å². The molecule has 3 N–H and O–H groups in total. The number of hydrogen-bond acceptors (Lipinski definition) is 6. The van der Waals surface area contributed by atoms with Gasteiger partial charge in [0.05, 0.1) is 6.20 Å². The van der Waals surface area contributed by atoms with Crippen LogP contribution in [0.1, 0.15) is 33.6 Å². The highest BCUT2D eigenvalue weighted by Crippen LogP contribution is 2.16. The molecule has 0 bridgehead atoms. The van der Waals surface area contributed by atoms with E-state index in [0.29, 0.717) is 17.2 Å². The fraction of sp³-hybridized carbons (Fsp3) is 0.158. The summed E-state index contributed by atoms with van der Waals surface area (Å²) in [5.41, 5.74) is 2.19. The molecule has 3 heterocycles. The number of aromatic amines is 1. The minimum absolute atomic E-state index is 0.0681. The number of nitrogens with zero attached hydrogens (tertiary/aromatic N) is 5. The van der Waals surface area contributed by atoms with Gasteiger partial charge in [-0.15, -0.1) is 5.10 Å². The standard InChI is InChI=1S/C19H18N8O2/c1-11-10-12(2)27-19(21-11)24-16(26-27)18(29)23-15(13-6-4-3-5-7-13)17(28)22-14-8-9-20-25-14/h3-10,15H,1-2H3,(H,23,29)(H2,20,22,25,28). The summed E-state index contributed by atoms with van der Waals surface area (Å²) in [6.45, 7) is 3.69. The van der Waals surface area contributed by atoms with Crippen LogP contribution in [0.2, 0.25) is 0 Å². The summed E-state index contributed by atoms with van der Waals surface area (Å²) >= 11 is 0. The van der Waals surface area contributed by atoms with Crippen molar-refractivity contribution in [3.63, 3.8) is 0 Å². The maximum Gasteiger partial charge on any atom is 0.291 e. The summed E-state index contributed by atoms with van der Waals surface area (Å²) in [7, 11) is 0. The summed E-state index contributed by atoms with van der Waals surface area (Å²) < 4.78 is 1.49. The van der Waals surface area contributed by atoms with Gasteiger partial charge in [-0.25, -0.2) is 9.50 Å². The highest BCUT2D eigenvalue weighted by molar-refractivity contribution is 6.00. The summed E-state index contributed by atoms with van der Waals surface area (Å²) in [5, 5.41) is 16.1. The Morgan fingerprint density at radius 1 is 1.10 bits per heavy atom. The average molecular weight is 390 g/mol. The number of aryl methyl sites for hydroxylation is 2. The Hall–Kier alpha value is -4.08. The number of anilines is 1. The second-order valence-electron chi connectivity index (χ2n) is 6.46. The number of amides is 2. The van der Waals surface area contributed by atoms with Crippen molar-refractivity contribution in [2.24, 2.45) is 0 Å². The van der Waals surface area contributed by atoms with Crippen LogP contribution in [-0.2, 0) is 4.79 Å². The zero-order chi connectivity index (χ0) is 20.4. The lowest BCUT2D eigenvalue weighted by Crippen LogP contribution is -2.37. The predicted octanol–water partition coefficient (Wildman–Crippen LogP) is 1.57. The molecule has 1 atom stereocenters. The molecular weight excluding hydrogens is 372 g/mol. The third-order valence-corrected chi connectivity index (χ3v) is 4.25. The van der Waals surface area contributed by atoms with Crippen LogP contribution in [0.5, 0.6) is 0 Å². The van der Waals surface area contributed by atoms with Crippen LogP contribution in [-0.4, -0.2) is 41.6 Å². The van der Waals surface area contributed by atoms with E-state index in [1.165, 1.54) is 10.7 Å². The molecule has 0 aliphatic rings. The highest BCUT2D eigenvalue weighted by Gasteiger charge is 2.26. The van der Waals surface area contributed by atoms with Crippen molar-refractivity contribution in [3.05, 3.63) is 71.4 Å². The molecule has 10 heteroatoms. The number of fused-ring (bicyclic) bond motifs is 1. The van der Waals surface area contributed by atoms with Crippen LogP contribution in [0, 0.1) is 13.8 Å². The molecule has 4 aromatic rings. The minimum Gasteiger partial charge on any atom is -0.334 e. The first-order chi connectivity index (χ1) is 14.0. The average Bonchev–Trinajstić information content (AvgIpc) is 3.36. The molecule has 3 aromatic heterocycles. The van der Waals surface area contributed by atoms with E-state index < -0.39 is 17.9 Å².